The second-order valence-corrected chi connectivity index (χ2v) is 9.91. The number of amides is 1. The fraction of sp³-hybridized carbons (Fsp3) is 0.545. The van der Waals surface area contributed by atoms with E-state index in [2.05, 4.69) is 10.4 Å². The summed E-state index contributed by atoms with van der Waals surface area (Å²) in [7, 11) is 1.57. The van der Waals surface area contributed by atoms with Crippen molar-refractivity contribution in [3.8, 4) is 17.2 Å². The quantitative estimate of drug-likeness (QED) is 0.724. The van der Waals surface area contributed by atoms with E-state index in [-0.39, 0.29) is 34.1 Å². The second kappa shape index (κ2) is 8.08. The number of rotatable bonds is 3. The van der Waals surface area contributed by atoms with E-state index < -0.39 is 0 Å². The Morgan fingerprint density at radius 2 is 2.00 bits per heavy atom. The fourth-order valence-electron chi connectivity index (χ4n) is 4.65. The van der Waals surface area contributed by atoms with E-state index in [1.54, 1.807) is 7.11 Å². The number of fused-ring (bicyclic) bond motifs is 2. The van der Waals surface area contributed by atoms with Crippen LogP contribution in [0.15, 0.2) is 16.9 Å². The molecule has 1 amide bonds. The van der Waals surface area contributed by atoms with Gasteiger partial charge in [-0.1, -0.05) is 0 Å². The van der Waals surface area contributed by atoms with Crippen molar-refractivity contribution in [3.63, 3.8) is 0 Å². The molecule has 1 saturated heterocycles. The molecule has 0 spiro atoms. The first-order chi connectivity index (χ1) is 15.4. The molecule has 2 atom stereocenters. The largest absolute Gasteiger partial charge is 0.493 e. The molecule has 1 aromatic carbocycles. The van der Waals surface area contributed by atoms with E-state index in [9.17, 15) is 9.59 Å². The van der Waals surface area contributed by atoms with Crippen molar-refractivity contribution in [2.75, 3.05) is 38.0 Å². The number of benzene rings is 1. The SMILES string of the molecule is COc1cc(C2SCC(=O)Nc3c2c(=O)[nH]n3C2CCOC(C)(C)C2)cc2c1OCCO2. The van der Waals surface area contributed by atoms with Crippen LogP contribution >= 0.6 is 11.8 Å². The topological polar surface area (TPSA) is 104 Å². The van der Waals surface area contributed by atoms with Gasteiger partial charge in [0.25, 0.3) is 5.56 Å². The Bertz CT molecular complexity index is 1090. The second-order valence-electron chi connectivity index (χ2n) is 8.81. The number of carbonyl (C=O) groups excluding carboxylic acids is 1. The number of nitrogens with one attached hydrogen (secondary N) is 2. The van der Waals surface area contributed by atoms with Crippen molar-refractivity contribution in [1.29, 1.82) is 0 Å². The van der Waals surface area contributed by atoms with E-state index >= 15 is 0 Å². The highest BCUT2D eigenvalue weighted by atomic mass is 32.2. The predicted octanol–water partition coefficient (Wildman–Crippen LogP) is 2.86. The number of H-pyrrole nitrogens is 1. The van der Waals surface area contributed by atoms with Gasteiger partial charge >= 0.3 is 0 Å². The van der Waals surface area contributed by atoms with Crippen LogP contribution in [0, 0.1) is 0 Å². The number of carbonyl (C=O) groups is 1. The number of hydrogen-bond acceptors (Lipinski definition) is 7. The minimum Gasteiger partial charge on any atom is -0.493 e. The highest BCUT2D eigenvalue weighted by Crippen LogP contribution is 2.47. The summed E-state index contributed by atoms with van der Waals surface area (Å²) in [5.74, 6) is 2.32. The summed E-state index contributed by atoms with van der Waals surface area (Å²) in [6, 6.07) is 3.76. The molecule has 2 unspecified atom stereocenters. The Labute approximate surface area is 189 Å². The van der Waals surface area contributed by atoms with Crippen molar-refractivity contribution < 1.29 is 23.7 Å². The molecule has 0 bridgehead atoms. The summed E-state index contributed by atoms with van der Waals surface area (Å²) in [5.41, 5.74) is 0.842. The average molecular weight is 462 g/mol. The smallest absolute Gasteiger partial charge is 0.270 e. The molecule has 1 aromatic heterocycles. The first-order valence-corrected chi connectivity index (χ1v) is 11.8. The van der Waals surface area contributed by atoms with Gasteiger partial charge in [0.05, 0.1) is 35.3 Å². The Hall–Kier alpha value is -2.59. The van der Waals surface area contributed by atoms with E-state index in [0.29, 0.717) is 48.5 Å². The van der Waals surface area contributed by atoms with Crippen LogP contribution in [-0.4, -0.2) is 54.0 Å². The summed E-state index contributed by atoms with van der Waals surface area (Å²) in [5, 5.41) is 5.59. The molecule has 32 heavy (non-hydrogen) atoms. The first-order valence-electron chi connectivity index (χ1n) is 10.7. The maximum Gasteiger partial charge on any atom is 0.270 e. The Balaban J connectivity index is 1.61. The molecule has 3 aliphatic heterocycles. The highest BCUT2D eigenvalue weighted by molar-refractivity contribution is 8.00. The normalized spacial score (nSPS) is 24.3. The van der Waals surface area contributed by atoms with Crippen molar-refractivity contribution in [2.24, 2.45) is 0 Å². The van der Waals surface area contributed by atoms with Crippen LogP contribution in [0.1, 0.15) is 49.1 Å². The molecular weight excluding hydrogens is 434 g/mol. The van der Waals surface area contributed by atoms with Gasteiger partial charge in [0.15, 0.2) is 11.5 Å². The molecule has 2 N–H and O–H groups in total. The number of nitrogens with zero attached hydrogens (tertiary/aromatic N) is 1. The van der Waals surface area contributed by atoms with Gasteiger partial charge in [-0.25, -0.2) is 0 Å². The number of aromatic nitrogens is 2. The molecule has 172 valence electrons. The molecule has 10 heteroatoms. The first kappa shape index (κ1) is 21.3. The van der Waals surface area contributed by atoms with Gasteiger partial charge in [-0.3, -0.25) is 19.4 Å². The number of aromatic amines is 1. The predicted molar refractivity (Wildman–Crippen MR) is 120 cm³/mol. The molecule has 0 saturated carbocycles. The summed E-state index contributed by atoms with van der Waals surface area (Å²) in [6.45, 7) is 5.57. The van der Waals surface area contributed by atoms with Crippen LogP contribution in [-0.2, 0) is 9.53 Å². The van der Waals surface area contributed by atoms with Crippen molar-refractivity contribution >= 4 is 23.5 Å². The Morgan fingerprint density at radius 1 is 1.19 bits per heavy atom. The van der Waals surface area contributed by atoms with E-state index in [1.807, 2.05) is 30.7 Å². The number of methoxy groups -OCH3 is 1. The third-order valence-corrected chi connectivity index (χ3v) is 7.32. The molecule has 3 aliphatic rings. The standard InChI is InChI=1S/C22H27N3O6S/c1-22(2)10-13(4-5-31-22)25-20-17(21(27)24-25)19(32-11-16(26)23-20)12-8-14(28-3)18-15(9-12)29-6-7-30-18/h8-9,13,19H,4-7,10-11H2,1-3H3,(H,23,26)(H,24,27). The lowest BCUT2D eigenvalue weighted by atomic mass is 9.94. The van der Waals surface area contributed by atoms with Crippen molar-refractivity contribution in [3.05, 3.63) is 33.6 Å². The van der Waals surface area contributed by atoms with Crippen molar-refractivity contribution in [1.82, 2.24) is 9.78 Å². The summed E-state index contributed by atoms with van der Waals surface area (Å²) in [6.07, 6.45) is 1.49. The van der Waals surface area contributed by atoms with Crippen LogP contribution in [0.2, 0.25) is 0 Å². The molecule has 5 rings (SSSR count). The molecule has 9 nitrogen and oxygen atoms in total. The molecule has 1 fully saturated rings. The zero-order chi connectivity index (χ0) is 22.5. The lowest BCUT2D eigenvalue weighted by Gasteiger charge is -2.36. The van der Waals surface area contributed by atoms with Crippen LogP contribution in [0.5, 0.6) is 17.2 Å². The Morgan fingerprint density at radius 3 is 2.78 bits per heavy atom. The minimum absolute atomic E-state index is 0.0223. The molecule has 2 aromatic rings. The molecule has 0 radical (unpaired) electrons. The van der Waals surface area contributed by atoms with E-state index in [1.165, 1.54) is 11.8 Å². The van der Waals surface area contributed by atoms with Crippen LogP contribution in [0.3, 0.4) is 0 Å². The van der Waals surface area contributed by atoms with Crippen LogP contribution in [0.25, 0.3) is 0 Å². The third-order valence-electron chi connectivity index (χ3n) is 6.05. The van der Waals surface area contributed by atoms with E-state index in [4.69, 9.17) is 18.9 Å². The molecular formula is C22H27N3O6S. The van der Waals surface area contributed by atoms with Gasteiger partial charge in [0.2, 0.25) is 11.7 Å². The highest BCUT2D eigenvalue weighted by Gasteiger charge is 2.36. The third kappa shape index (κ3) is 3.75. The van der Waals surface area contributed by atoms with Crippen LogP contribution < -0.4 is 25.1 Å². The van der Waals surface area contributed by atoms with Gasteiger partial charge in [0, 0.05) is 6.61 Å². The summed E-state index contributed by atoms with van der Waals surface area (Å²) in [4.78, 5) is 25.8. The van der Waals surface area contributed by atoms with Crippen LogP contribution in [0.4, 0.5) is 5.82 Å². The fourth-order valence-corrected chi connectivity index (χ4v) is 5.75. The van der Waals surface area contributed by atoms with Gasteiger partial charge in [-0.2, -0.15) is 0 Å². The van der Waals surface area contributed by atoms with Gasteiger partial charge < -0.3 is 24.3 Å². The minimum atomic E-state index is -0.369. The lowest BCUT2D eigenvalue weighted by Crippen LogP contribution is -2.36. The number of anilines is 1. The van der Waals surface area contributed by atoms with Crippen molar-refractivity contribution in [2.45, 2.75) is 43.6 Å². The summed E-state index contributed by atoms with van der Waals surface area (Å²) >= 11 is 1.41. The average Bonchev–Trinajstić information content (AvgIpc) is 2.97. The summed E-state index contributed by atoms with van der Waals surface area (Å²) < 4.78 is 24.7. The maximum atomic E-state index is 13.2. The molecule has 0 aliphatic carbocycles. The van der Waals surface area contributed by atoms with Gasteiger partial charge in [-0.05, 0) is 44.4 Å². The van der Waals surface area contributed by atoms with E-state index in [0.717, 1.165) is 18.4 Å². The number of ether oxygens (including phenoxy) is 4. The Kier molecular flexibility index (Phi) is 5.37. The molecule has 4 heterocycles. The zero-order valence-electron chi connectivity index (χ0n) is 18.4. The zero-order valence-corrected chi connectivity index (χ0v) is 19.2. The monoisotopic (exact) mass is 461 g/mol. The van der Waals surface area contributed by atoms with Gasteiger partial charge in [0.1, 0.15) is 19.0 Å². The number of thioether (sulfide) groups is 1. The van der Waals surface area contributed by atoms with Gasteiger partial charge in [-0.15, -0.1) is 11.8 Å². The maximum absolute atomic E-state index is 13.2. The lowest BCUT2D eigenvalue weighted by molar-refractivity contribution is -0.113. The number of hydrogen-bond donors (Lipinski definition) is 2.